The predicted octanol–water partition coefficient (Wildman–Crippen LogP) is 5.76. The van der Waals surface area contributed by atoms with Gasteiger partial charge in [-0.3, -0.25) is 14.2 Å². The van der Waals surface area contributed by atoms with Crippen molar-refractivity contribution >= 4 is 53.1 Å². The molecule has 140 valence electrons. The van der Waals surface area contributed by atoms with E-state index in [0.29, 0.717) is 17.3 Å². The third kappa shape index (κ3) is 2.34. The molecule has 0 aliphatic carbocycles. The number of aromatic nitrogens is 1. The van der Waals surface area contributed by atoms with Crippen LogP contribution in [-0.2, 0) is 6.54 Å². The van der Waals surface area contributed by atoms with Gasteiger partial charge in [-0.1, -0.05) is 45.0 Å². The Labute approximate surface area is 166 Å². The molecule has 3 nitrogen and oxygen atoms in total. The Morgan fingerprint density at radius 3 is 2.14 bits per heavy atom. The fourth-order valence-electron chi connectivity index (χ4n) is 4.09. The van der Waals surface area contributed by atoms with Gasteiger partial charge in [0.2, 0.25) is 0 Å². The Balaban J connectivity index is 1.98. The van der Waals surface area contributed by atoms with Gasteiger partial charge in [-0.05, 0) is 46.9 Å². The van der Waals surface area contributed by atoms with Gasteiger partial charge in [-0.2, -0.15) is 0 Å². The number of benzene rings is 3. The predicted molar refractivity (Wildman–Crippen MR) is 120 cm³/mol. The standard InChI is InChI=1S/C24H21NO2S/c1-4-24(2,3)13-25-22(26)16-10-9-15-14-7-5-6-8-18(14)28-19-12-11-17(23(25)27)20(16)21(15)19/h5-12H,4,13H2,1-3H3. The van der Waals surface area contributed by atoms with E-state index in [9.17, 15) is 9.59 Å². The van der Waals surface area contributed by atoms with E-state index in [0.717, 1.165) is 32.7 Å². The molecule has 0 aliphatic rings. The summed E-state index contributed by atoms with van der Waals surface area (Å²) in [6.07, 6.45) is 0.900. The zero-order chi connectivity index (χ0) is 19.6. The minimum Gasteiger partial charge on any atom is -0.274 e. The van der Waals surface area contributed by atoms with E-state index >= 15 is 0 Å². The first-order valence-electron chi connectivity index (χ1n) is 9.64. The van der Waals surface area contributed by atoms with Crippen molar-refractivity contribution in [1.82, 2.24) is 4.57 Å². The van der Waals surface area contributed by atoms with E-state index in [-0.39, 0.29) is 16.5 Å². The summed E-state index contributed by atoms with van der Waals surface area (Å²) in [4.78, 5) is 26.6. The highest BCUT2D eigenvalue weighted by atomic mass is 32.1. The van der Waals surface area contributed by atoms with Crippen LogP contribution in [0, 0.1) is 5.41 Å². The van der Waals surface area contributed by atoms with Crippen LogP contribution in [0.1, 0.15) is 27.2 Å². The number of nitrogens with zero attached hydrogens (tertiary/aromatic N) is 1. The Morgan fingerprint density at radius 2 is 1.43 bits per heavy atom. The largest absolute Gasteiger partial charge is 0.274 e. The number of rotatable bonds is 3. The zero-order valence-electron chi connectivity index (χ0n) is 16.2. The van der Waals surface area contributed by atoms with E-state index in [1.165, 1.54) is 9.27 Å². The topological polar surface area (TPSA) is 39.1 Å². The third-order valence-corrected chi connectivity index (χ3v) is 7.15. The molecule has 0 fully saturated rings. The first kappa shape index (κ1) is 17.4. The Bertz CT molecular complexity index is 1460. The lowest BCUT2D eigenvalue weighted by Gasteiger charge is -2.24. The summed E-state index contributed by atoms with van der Waals surface area (Å²) in [6, 6.07) is 16.2. The monoisotopic (exact) mass is 387 g/mol. The van der Waals surface area contributed by atoms with Gasteiger partial charge in [0.05, 0.1) is 0 Å². The van der Waals surface area contributed by atoms with Crippen molar-refractivity contribution in [2.24, 2.45) is 5.41 Å². The number of hydrogen-bond donors (Lipinski definition) is 0. The summed E-state index contributed by atoms with van der Waals surface area (Å²) >= 11 is 1.71. The lowest BCUT2D eigenvalue weighted by Crippen LogP contribution is -2.37. The molecule has 0 unspecified atom stereocenters. The van der Waals surface area contributed by atoms with Crippen LogP contribution in [0.25, 0.3) is 41.7 Å². The molecule has 0 aliphatic heterocycles. The summed E-state index contributed by atoms with van der Waals surface area (Å²) in [7, 11) is 0. The Hall–Kier alpha value is -2.72. The summed E-state index contributed by atoms with van der Waals surface area (Å²) in [5.74, 6) is 0. The molecule has 0 spiro atoms. The normalized spacial score (nSPS) is 12.7. The molecule has 2 heterocycles. The van der Waals surface area contributed by atoms with E-state index in [2.05, 4.69) is 32.9 Å². The second-order valence-electron chi connectivity index (χ2n) is 8.33. The van der Waals surface area contributed by atoms with Gasteiger partial charge in [0.25, 0.3) is 11.1 Å². The second kappa shape index (κ2) is 5.89. The van der Waals surface area contributed by atoms with Gasteiger partial charge in [0.1, 0.15) is 0 Å². The van der Waals surface area contributed by atoms with Crippen molar-refractivity contribution in [3.63, 3.8) is 0 Å². The van der Waals surface area contributed by atoms with Crippen LogP contribution in [-0.4, -0.2) is 4.57 Å². The van der Waals surface area contributed by atoms with E-state index in [1.54, 1.807) is 11.3 Å². The average Bonchev–Trinajstić information content (AvgIpc) is 2.70. The van der Waals surface area contributed by atoms with Crippen LogP contribution in [0.3, 0.4) is 0 Å². The maximum absolute atomic E-state index is 13.3. The lowest BCUT2D eigenvalue weighted by atomic mass is 9.90. The lowest BCUT2D eigenvalue weighted by molar-refractivity contribution is 0.288. The molecule has 0 atom stereocenters. The van der Waals surface area contributed by atoms with Crippen molar-refractivity contribution < 1.29 is 0 Å². The first-order chi connectivity index (χ1) is 13.4. The molecule has 0 saturated heterocycles. The molecule has 0 radical (unpaired) electrons. The molecular weight excluding hydrogens is 366 g/mol. The van der Waals surface area contributed by atoms with Gasteiger partial charge in [0, 0.05) is 37.5 Å². The molecule has 0 bridgehead atoms. The minimum absolute atomic E-state index is 0.109. The molecule has 28 heavy (non-hydrogen) atoms. The number of pyridine rings is 1. The smallest absolute Gasteiger partial charge is 0.261 e. The molecule has 0 amide bonds. The Morgan fingerprint density at radius 1 is 0.786 bits per heavy atom. The summed E-state index contributed by atoms with van der Waals surface area (Å²) < 4.78 is 3.75. The first-order valence-corrected chi connectivity index (χ1v) is 10.5. The second-order valence-corrected chi connectivity index (χ2v) is 9.42. The van der Waals surface area contributed by atoms with Gasteiger partial charge >= 0.3 is 0 Å². The molecule has 5 aromatic rings. The highest BCUT2D eigenvalue weighted by Gasteiger charge is 2.22. The van der Waals surface area contributed by atoms with Crippen LogP contribution >= 0.6 is 11.3 Å². The maximum atomic E-state index is 13.3. The van der Waals surface area contributed by atoms with Crippen LogP contribution in [0.4, 0.5) is 0 Å². The van der Waals surface area contributed by atoms with Gasteiger partial charge in [0.15, 0.2) is 0 Å². The molecule has 4 heteroatoms. The van der Waals surface area contributed by atoms with E-state index in [4.69, 9.17) is 0 Å². The zero-order valence-corrected chi connectivity index (χ0v) is 17.0. The highest BCUT2D eigenvalue weighted by molar-refractivity contribution is 7.25. The summed E-state index contributed by atoms with van der Waals surface area (Å²) in [5, 5.41) is 5.41. The fourth-order valence-corrected chi connectivity index (χ4v) is 5.21. The van der Waals surface area contributed by atoms with Crippen LogP contribution < -0.4 is 11.1 Å². The van der Waals surface area contributed by atoms with Crippen molar-refractivity contribution in [3.05, 3.63) is 69.2 Å². The Kier molecular flexibility index (Phi) is 3.65. The van der Waals surface area contributed by atoms with Crippen molar-refractivity contribution in [1.29, 1.82) is 0 Å². The number of fused-ring (bicyclic) bond motifs is 2. The maximum Gasteiger partial charge on any atom is 0.261 e. The fraction of sp³-hybridized carbons (Fsp3) is 0.250. The minimum atomic E-state index is -0.174. The third-order valence-electron chi connectivity index (χ3n) is 6.01. The summed E-state index contributed by atoms with van der Waals surface area (Å²) in [5.41, 5.74) is -0.458. The molecule has 2 aromatic heterocycles. The number of hydrogen-bond acceptors (Lipinski definition) is 3. The SMILES string of the molecule is CCC(C)(C)Cn1c(=O)c2ccc3sc4ccccc4c4ccc(c1=O)c2c34. The van der Waals surface area contributed by atoms with Crippen LogP contribution in [0.5, 0.6) is 0 Å². The average molecular weight is 388 g/mol. The molecule has 0 saturated carbocycles. The quantitative estimate of drug-likeness (QED) is 0.292. The molecule has 3 aromatic carbocycles. The van der Waals surface area contributed by atoms with E-state index in [1.807, 2.05) is 36.4 Å². The van der Waals surface area contributed by atoms with Crippen LogP contribution in [0.2, 0.25) is 0 Å². The van der Waals surface area contributed by atoms with Crippen LogP contribution in [0.15, 0.2) is 58.1 Å². The molecule has 5 rings (SSSR count). The summed E-state index contributed by atoms with van der Waals surface area (Å²) in [6.45, 7) is 6.71. The molecular formula is C24H21NO2S. The molecule has 0 N–H and O–H groups in total. The van der Waals surface area contributed by atoms with Crippen molar-refractivity contribution in [3.8, 4) is 0 Å². The van der Waals surface area contributed by atoms with E-state index < -0.39 is 0 Å². The van der Waals surface area contributed by atoms with Crippen molar-refractivity contribution in [2.75, 3.05) is 0 Å². The van der Waals surface area contributed by atoms with Gasteiger partial charge in [-0.25, -0.2) is 0 Å². The van der Waals surface area contributed by atoms with Gasteiger partial charge in [-0.15, -0.1) is 11.3 Å². The highest BCUT2D eigenvalue weighted by Crippen LogP contribution is 2.39. The van der Waals surface area contributed by atoms with Crippen molar-refractivity contribution in [2.45, 2.75) is 33.7 Å². The van der Waals surface area contributed by atoms with Gasteiger partial charge < -0.3 is 0 Å².